The Kier molecular flexibility index (Phi) is 9.79. The number of hydrogen-bond donors (Lipinski definition) is 0. The minimum atomic E-state index is -1.01. The lowest BCUT2D eigenvalue weighted by Gasteiger charge is -2.29. The first-order chi connectivity index (χ1) is 15.6. The first-order valence-corrected chi connectivity index (χ1v) is 12.1. The minimum Gasteiger partial charge on any atom is -0.490 e. The van der Waals surface area contributed by atoms with Crippen LogP contribution in [-0.4, -0.2) is 19.3 Å². The maximum absolute atomic E-state index is 14.3. The van der Waals surface area contributed by atoms with Gasteiger partial charge in [-0.1, -0.05) is 63.8 Å². The van der Waals surface area contributed by atoms with E-state index < -0.39 is 11.6 Å². The average Bonchev–Trinajstić information content (AvgIpc) is 2.82. The Hall–Kier alpha value is -2.14. The molecule has 176 valence electrons. The molecule has 32 heavy (non-hydrogen) atoms. The van der Waals surface area contributed by atoms with E-state index in [1.54, 1.807) is 0 Å². The Balaban J connectivity index is 1.48. The summed E-state index contributed by atoms with van der Waals surface area (Å²) in [6, 6.07) is 11.0. The summed E-state index contributed by atoms with van der Waals surface area (Å²) in [7, 11) is 0. The van der Waals surface area contributed by atoms with Gasteiger partial charge in [-0.3, -0.25) is 0 Å². The van der Waals surface area contributed by atoms with Gasteiger partial charge >= 0.3 is 0 Å². The summed E-state index contributed by atoms with van der Waals surface area (Å²) < 4.78 is 45.4. The molecule has 2 unspecified atom stereocenters. The van der Waals surface area contributed by atoms with Crippen molar-refractivity contribution in [2.24, 2.45) is 0 Å². The monoisotopic (exact) mass is 446 g/mol. The van der Waals surface area contributed by atoms with Gasteiger partial charge in [-0.05, 0) is 48.9 Å². The van der Waals surface area contributed by atoms with Crippen molar-refractivity contribution in [2.45, 2.75) is 83.8 Å². The molecule has 1 saturated heterocycles. The highest BCUT2D eigenvalue weighted by Crippen LogP contribution is 2.31. The number of halogens is 2. The van der Waals surface area contributed by atoms with Crippen molar-refractivity contribution in [3.63, 3.8) is 0 Å². The molecular formula is C27H36F2O3. The third kappa shape index (κ3) is 6.93. The molecule has 1 aliphatic heterocycles. The van der Waals surface area contributed by atoms with Gasteiger partial charge in [-0.15, -0.1) is 0 Å². The van der Waals surface area contributed by atoms with E-state index >= 15 is 0 Å². The van der Waals surface area contributed by atoms with Crippen molar-refractivity contribution >= 4 is 0 Å². The molecule has 1 heterocycles. The molecule has 2 aromatic carbocycles. The Morgan fingerprint density at radius 2 is 1.53 bits per heavy atom. The topological polar surface area (TPSA) is 27.7 Å². The van der Waals surface area contributed by atoms with Crippen LogP contribution in [0.15, 0.2) is 36.4 Å². The van der Waals surface area contributed by atoms with Crippen LogP contribution in [-0.2, 0) is 11.3 Å². The predicted molar refractivity (Wildman–Crippen MR) is 123 cm³/mol. The third-order valence-corrected chi connectivity index (χ3v) is 6.11. The summed E-state index contributed by atoms with van der Waals surface area (Å²) in [6.45, 7) is 5.54. The Morgan fingerprint density at radius 3 is 2.16 bits per heavy atom. The second kappa shape index (κ2) is 12.8. The van der Waals surface area contributed by atoms with E-state index in [4.69, 9.17) is 14.2 Å². The fraction of sp³-hybridized carbons (Fsp3) is 0.556. The zero-order chi connectivity index (χ0) is 22.8. The highest BCUT2D eigenvalue weighted by atomic mass is 19.2. The Bertz CT molecular complexity index is 814. The van der Waals surface area contributed by atoms with E-state index in [1.807, 2.05) is 19.1 Å². The lowest BCUT2D eigenvalue weighted by molar-refractivity contribution is -0.00208. The third-order valence-electron chi connectivity index (χ3n) is 6.11. The molecule has 2 aromatic rings. The van der Waals surface area contributed by atoms with Crippen LogP contribution < -0.4 is 9.47 Å². The van der Waals surface area contributed by atoms with Gasteiger partial charge < -0.3 is 14.2 Å². The van der Waals surface area contributed by atoms with Gasteiger partial charge in [-0.25, -0.2) is 0 Å². The van der Waals surface area contributed by atoms with Gasteiger partial charge in [-0.2, -0.15) is 8.78 Å². The molecule has 0 amide bonds. The number of unbranched alkanes of at least 4 members (excludes halogenated alkanes) is 3. The fourth-order valence-corrected chi connectivity index (χ4v) is 4.03. The van der Waals surface area contributed by atoms with Crippen molar-refractivity contribution in [3.05, 3.63) is 59.2 Å². The van der Waals surface area contributed by atoms with Gasteiger partial charge in [0, 0.05) is 5.92 Å². The van der Waals surface area contributed by atoms with Gasteiger partial charge in [0.05, 0.1) is 19.3 Å². The molecule has 3 nitrogen and oxygen atoms in total. The molecule has 0 aliphatic carbocycles. The fourth-order valence-electron chi connectivity index (χ4n) is 4.03. The number of rotatable bonds is 12. The largest absolute Gasteiger partial charge is 0.490 e. The van der Waals surface area contributed by atoms with E-state index in [2.05, 4.69) is 19.1 Å². The predicted octanol–water partition coefficient (Wildman–Crippen LogP) is 7.57. The van der Waals surface area contributed by atoms with Crippen molar-refractivity contribution in [1.82, 2.24) is 0 Å². The first-order valence-electron chi connectivity index (χ1n) is 12.1. The highest BCUT2D eigenvalue weighted by molar-refractivity contribution is 5.35. The van der Waals surface area contributed by atoms with Crippen molar-refractivity contribution < 1.29 is 23.0 Å². The summed E-state index contributed by atoms with van der Waals surface area (Å²) in [5.41, 5.74) is 2.16. The molecule has 0 N–H and O–H groups in total. The molecule has 1 fully saturated rings. The van der Waals surface area contributed by atoms with Crippen LogP contribution >= 0.6 is 0 Å². The highest BCUT2D eigenvalue weighted by Gasteiger charge is 2.22. The number of benzene rings is 2. The molecule has 0 aromatic heterocycles. The number of hydrogen-bond acceptors (Lipinski definition) is 3. The number of ether oxygens (including phenoxy) is 3. The second-order valence-corrected chi connectivity index (χ2v) is 8.65. The molecule has 1 aliphatic rings. The molecule has 0 saturated carbocycles. The molecule has 0 bridgehead atoms. The standard InChI is InChI=1S/C27H36F2O3/c1-3-5-7-8-23-14-13-22(19-31-23)21-11-9-20(10-12-21)18-32-25-16-15-24(26(28)27(25)29)30-17-6-4-2/h9-12,15-16,22-23H,3-8,13-14,17-19H2,1-2H3. The van der Waals surface area contributed by atoms with Gasteiger partial charge in [0.1, 0.15) is 6.61 Å². The molecule has 5 heteroatoms. The van der Waals surface area contributed by atoms with Crippen molar-refractivity contribution in [2.75, 3.05) is 13.2 Å². The van der Waals surface area contributed by atoms with Crippen LogP contribution in [0.25, 0.3) is 0 Å². The molecule has 3 rings (SSSR count). The summed E-state index contributed by atoms with van der Waals surface area (Å²) in [5.74, 6) is -1.78. The SMILES string of the molecule is CCCCCC1CCC(c2ccc(COc3ccc(OCCCC)c(F)c3F)cc2)CO1. The molecular weight excluding hydrogens is 410 g/mol. The molecule has 0 spiro atoms. The summed E-state index contributed by atoms with van der Waals surface area (Å²) in [4.78, 5) is 0. The minimum absolute atomic E-state index is 0.0741. The Morgan fingerprint density at radius 1 is 0.844 bits per heavy atom. The lowest BCUT2D eigenvalue weighted by Crippen LogP contribution is -2.24. The van der Waals surface area contributed by atoms with Crippen LogP contribution in [0.4, 0.5) is 8.78 Å². The van der Waals surface area contributed by atoms with Crippen LogP contribution in [0.5, 0.6) is 11.5 Å². The summed E-state index contributed by atoms with van der Waals surface area (Å²) >= 11 is 0. The van der Waals surface area contributed by atoms with Crippen LogP contribution in [0.1, 0.15) is 82.3 Å². The Labute approximate surface area is 191 Å². The first kappa shape index (κ1) is 24.5. The second-order valence-electron chi connectivity index (χ2n) is 8.65. The van der Waals surface area contributed by atoms with Gasteiger partial charge in [0.15, 0.2) is 11.5 Å². The quantitative estimate of drug-likeness (QED) is 0.315. The summed E-state index contributed by atoms with van der Waals surface area (Å²) in [5, 5.41) is 0. The van der Waals surface area contributed by atoms with E-state index in [1.165, 1.54) is 43.4 Å². The molecule has 0 radical (unpaired) electrons. The zero-order valence-electron chi connectivity index (χ0n) is 19.4. The maximum Gasteiger partial charge on any atom is 0.204 e. The van der Waals surface area contributed by atoms with E-state index in [0.29, 0.717) is 18.6 Å². The maximum atomic E-state index is 14.3. The van der Waals surface area contributed by atoms with Crippen LogP contribution in [0.2, 0.25) is 0 Å². The zero-order valence-corrected chi connectivity index (χ0v) is 19.4. The normalized spacial score (nSPS) is 18.5. The smallest absolute Gasteiger partial charge is 0.204 e. The van der Waals surface area contributed by atoms with Crippen LogP contribution in [0, 0.1) is 11.6 Å². The average molecular weight is 447 g/mol. The van der Waals surface area contributed by atoms with Crippen molar-refractivity contribution in [1.29, 1.82) is 0 Å². The van der Waals surface area contributed by atoms with E-state index in [0.717, 1.165) is 37.9 Å². The summed E-state index contributed by atoms with van der Waals surface area (Å²) in [6.07, 6.45) is 9.32. The van der Waals surface area contributed by atoms with E-state index in [-0.39, 0.29) is 18.1 Å². The van der Waals surface area contributed by atoms with Gasteiger partial charge in [0.25, 0.3) is 0 Å². The van der Waals surface area contributed by atoms with E-state index in [9.17, 15) is 8.78 Å². The van der Waals surface area contributed by atoms with Crippen molar-refractivity contribution in [3.8, 4) is 11.5 Å². The lowest BCUT2D eigenvalue weighted by atomic mass is 9.90. The molecule has 2 atom stereocenters. The van der Waals surface area contributed by atoms with Gasteiger partial charge in [0.2, 0.25) is 11.6 Å². The van der Waals surface area contributed by atoms with Crippen LogP contribution in [0.3, 0.4) is 0 Å².